The van der Waals surface area contributed by atoms with Crippen LogP contribution < -0.4 is 0 Å². The third-order valence-electron chi connectivity index (χ3n) is 2.26. The first-order valence-electron chi connectivity index (χ1n) is 4.79. The molecule has 0 radical (unpaired) electrons. The summed E-state index contributed by atoms with van der Waals surface area (Å²) in [4.78, 5) is 11.6. The number of carbonyl (C=O) groups is 1. The van der Waals surface area contributed by atoms with Crippen molar-refractivity contribution in [2.75, 3.05) is 19.8 Å². The van der Waals surface area contributed by atoms with Gasteiger partial charge in [-0.3, -0.25) is 4.79 Å². The van der Waals surface area contributed by atoms with Crippen LogP contribution in [0.2, 0.25) is 0 Å². The van der Waals surface area contributed by atoms with Gasteiger partial charge in [-0.25, -0.2) is 0 Å². The zero-order valence-corrected chi connectivity index (χ0v) is 8.63. The third-order valence-corrected chi connectivity index (χ3v) is 2.26. The minimum absolute atomic E-state index is 0.112. The minimum atomic E-state index is -0.394. The van der Waals surface area contributed by atoms with Crippen molar-refractivity contribution in [3.63, 3.8) is 0 Å². The number of esters is 1. The molecule has 1 heterocycles. The van der Waals surface area contributed by atoms with Gasteiger partial charge < -0.3 is 9.47 Å². The maximum atomic E-state index is 11.6. The first-order chi connectivity index (χ1) is 6.04. The largest absolute Gasteiger partial charge is 0.465 e. The highest BCUT2D eigenvalue weighted by Crippen LogP contribution is 2.29. The molecule has 0 N–H and O–H groups in total. The lowest BCUT2D eigenvalue weighted by Gasteiger charge is -2.20. The summed E-state index contributed by atoms with van der Waals surface area (Å²) in [5, 5.41) is 0. The smallest absolute Gasteiger partial charge is 0.314 e. The first-order valence-corrected chi connectivity index (χ1v) is 4.79. The van der Waals surface area contributed by atoms with Crippen LogP contribution in [0.5, 0.6) is 0 Å². The van der Waals surface area contributed by atoms with E-state index in [1.807, 2.05) is 20.8 Å². The van der Waals surface area contributed by atoms with Crippen molar-refractivity contribution in [2.45, 2.75) is 27.2 Å². The number of carbonyl (C=O) groups excluding carboxylic acids is 1. The molecule has 0 aromatic rings. The summed E-state index contributed by atoms with van der Waals surface area (Å²) in [6, 6.07) is 0. The lowest BCUT2D eigenvalue weighted by Crippen LogP contribution is -2.31. The minimum Gasteiger partial charge on any atom is -0.465 e. The Morgan fingerprint density at radius 2 is 2.31 bits per heavy atom. The van der Waals surface area contributed by atoms with Gasteiger partial charge in [-0.15, -0.1) is 0 Å². The van der Waals surface area contributed by atoms with E-state index >= 15 is 0 Å². The standard InChI is InChI=1S/C10H18O3/c1-8(2)6-13-9(11)10(3)4-5-12-7-10/h8H,4-7H2,1-3H3. The fourth-order valence-corrected chi connectivity index (χ4v) is 1.24. The van der Waals surface area contributed by atoms with Crippen LogP contribution in [0.3, 0.4) is 0 Å². The van der Waals surface area contributed by atoms with Gasteiger partial charge >= 0.3 is 5.97 Å². The SMILES string of the molecule is CC(C)COC(=O)C1(C)CCOC1. The molecule has 0 amide bonds. The van der Waals surface area contributed by atoms with E-state index in [2.05, 4.69) is 0 Å². The predicted octanol–water partition coefficient (Wildman–Crippen LogP) is 1.61. The Morgan fingerprint density at radius 1 is 1.62 bits per heavy atom. The molecule has 0 aliphatic carbocycles. The van der Waals surface area contributed by atoms with Crippen molar-refractivity contribution in [3.05, 3.63) is 0 Å². The van der Waals surface area contributed by atoms with Crippen LogP contribution in [0, 0.1) is 11.3 Å². The van der Waals surface area contributed by atoms with E-state index in [4.69, 9.17) is 9.47 Å². The van der Waals surface area contributed by atoms with Crippen molar-refractivity contribution in [2.24, 2.45) is 11.3 Å². The Balaban J connectivity index is 2.38. The van der Waals surface area contributed by atoms with E-state index < -0.39 is 5.41 Å². The van der Waals surface area contributed by atoms with E-state index in [1.54, 1.807) is 0 Å². The van der Waals surface area contributed by atoms with Crippen molar-refractivity contribution in [1.82, 2.24) is 0 Å². The van der Waals surface area contributed by atoms with E-state index in [1.165, 1.54) is 0 Å². The average Bonchev–Trinajstić information content (AvgIpc) is 2.49. The number of rotatable bonds is 3. The molecular weight excluding hydrogens is 168 g/mol. The van der Waals surface area contributed by atoms with Crippen LogP contribution in [0.15, 0.2) is 0 Å². The van der Waals surface area contributed by atoms with Crippen LogP contribution >= 0.6 is 0 Å². The van der Waals surface area contributed by atoms with Crippen molar-refractivity contribution in [1.29, 1.82) is 0 Å². The van der Waals surface area contributed by atoms with Gasteiger partial charge in [0.1, 0.15) is 0 Å². The maximum Gasteiger partial charge on any atom is 0.314 e. The topological polar surface area (TPSA) is 35.5 Å². The van der Waals surface area contributed by atoms with Crippen LogP contribution in [-0.4, -0.2) is 25.8 Å². The predicted molar refractivity (Wildman–Crippen MR) is 49.3 cm³/mol. The van der Waals surface area contributed by atoms with Gasteiger partial charge in [0.2, 0.25) is 0 Å². The molecule has 0 bridgehead atoms. The Labute approximate surface area is 79.4 Å². The van der Waals surface area contributed by atoms with Gasteiger partial charge in [-0.05, 0) is 19.3 Å². The Hall–Kier alpha value is -0.570. The molecule has 76 valence electrons. The number of hydrogen-bond donors (Lipinski definition) is 0. The third kappa shape index (κ3) is 2.69. The van der Waals surface area contributed by atoms with Crippen LogP contribution in [0.4, 0.5) is 0 Å². The summed E-state index contributed by atoms with van der Waals surface area (Å²) in [5.41, 5.74) is -0.394. The number of hydrogen-bond acceptors (Lipinski definition) is 3. The molecule has 0 spiro atoms. The molecule has 1 unspecified atom stereocenters. The monoisotopic (exact) mass is 186 g/mol. The van der Waals surface area contributed by atoms with Gasteiger partial charge in [-0.1, -0.05) is 13.8 Å². The molecule has 13 heavy (non-hydrogen) atoms. The van der Waals surface area contributed by atoms with E-state index in [-0.39, 0.29) is 5.97 Å². The van der Waals surface area contributed by atoms with Gasteiger partial charge in [0.25, 0.3) is 0 Å². The molecule has 1 aliphatic rings. The van der Waals surface area contributed by atoms with Gasteiger partial charge in [0, 0.05) is 6.61 Å². The molecule has 0 aromatic carbocycles. The van der Waals surface area contributed by atoms with E-state index in [9.17, 15) is 4.79 Å². The zero-order valence-electron chi connectivity index (χ0n) is 8.63. The second-order valence-electron chi connectivity index (χ2n) is 4.36. The molecule has 0 aromatic heterocycles. The highest BCUT2D eigenvalue weighted by atomic mass is 16.5. The highest BCUT2D eigenvalue weighted by molar-refractivity contribution is 5.76. The lowest BCUT2D eigenvalue weighted by atomic mass is 9.90. The van der Waals surface area contributed by atoms with E-state index in [0.717, 1.165) is 6.42 Å². The molecule has 1 atom stereocenters. The molecule has 1 rings (SSSR count). The molecule has 0 saturated carbocycles. The van der Waals surface area contributed by atoms with Gasteiger partial charge in [0.15, 0.2) is 0 Å². The van der Waals surface area contributed by atoms with Gasteiger partial charge in [-0.2, -0.15) is 0 Å². The van der Waals surface area contributed by atoms with Crippen molar-refractivity contribution >= 4 is 5.97 Å². The van der Waals surface area contributed by atoms with Crippen molar-refractivity contribution < 1.29 is 14.3 Å². The Kier molecular flexibility index (Phi) is 3.31. The summed E-state index contributed by atoms with van der Waals surface area (Å²) in [6.45, 7) is 7.65. The van der Waals surface area contributed by atoms with Crippen LogP contribution in [0.1, 0.15) is 27.2 Å². The normalized spacial score (nSPS) is 28.0. The maximum absolute atomic E-state index is 11.6. The fourth-order valence-electron chi connectivity index (χ4n) is 1.24. The van der Waals surface area contributed by atoms with Crippen molar-refractivity contribution in [3.8, 4) is 0 Å². The highest BCUT2D eigenvalue weighted by Gasteiger charge is 2.38. The quantitative estimate of drug-likeness (QED) is 0.628. The van der Waals surface area contributed by atoms with Crippen LogP contribution in [-0.2, 0) is 14.3 Å². The summed E-state index contributed by atoms with van der Waals surface area (Å²) in [5.74, 6) is 0.286. The Bertz CT molecular complexity index is 181. The molecule has 3 nitrogen and oxygen atoms in total. The first kappa shape index (κ1) is 10.5. The summed E-state index contributed by atoms with van der Waals surface area (Å²) in [7, 11) is 0. The zero-order chi connectivity index (χ0) is 9.90. The fraction of sp³-hybridized carbons (Fsp3) is 0.900. The van der Waals surface area contributed by atoms with E-state index in [0.29, 0.717) is 25.7 Å². The lowest BCUT2D eigenvalue weighted by molar-refractivity contribution is -0.155. The number of ether oxygens (including phenoxy) is 2. The summed E-state index contributed by atoms with van der Waals surface area (Å²) < 4.78 is 10.4. The van der Waals surface area contributed by atoms with Gasteiger partial charge in [0.05, 0.1) is 18.6 Å². The molecule has 1 fully saturated rings. The molecular formula is C10H18O3. The summed E-state index contributed by atoms with van der Waals surface area (Å²) >= 11 is 0. The Morgan fingerprint density at radius 3 is 2.77 bits per heavy atom. The average molecular weight is 186 g/mol. The second kappa shape index (κ2) is 4.09. The molecule has 1 saturated heterocycles. The molecule has 1 aliphatic heterocycles. The summed E-state index contributed by atoms with van der Waals surface area (Å²) in [6.07, 6.45) is 0.782. The van der Waals surface area contributed by atoms with Crippen LogP contribution in [0.25, 0.3) is 0 Å². The molecule has 3 heteroatoms. The second-order valence-corrected chi connectivity index (χ2v) is 4.36.